The van der Waals surface area contributed by atoms with Crippen LogP contribution in [0.15, 0.2) is 22.7 Å². The van der Waals surface area contributed by atoms with Crippen LogP contribution in [0.5, 0.6) is 0 Å². The number of likely N-dealkylation sites (N-methyl/N-ethyl adjacent to an activating group) is 1. The van der Waals surface area contributed by atoms with E-state index < -0.39 is 0 Å². The van der Waals surface area contributed by atoms with E-state index in [-0.39, 0.29) is 0 Å². The highest BCUT2D eigenvalue weighted by molar-refractivity contribution is 9.10. The number of nitrogens with zero attached hydrogens (tertiary/aromatic N) is 3. The second-order valence-corrected chi connectivity index (χ2v) is 6.80. The van der Waals surface area contributed by atoms with Crippen molar-refractivity contribution in [2.45, 2.75) is 6.42 Å². The molecule has 1 aliphatic rings. The Morgan fingerprint density at radius 2 is 1.90 bits per heavy atom. The molecule has 0 amide bonds. The monoisotopic (exact) mass is 354 g/mol. The first-order chi connectivity index (χ1) is 10.1. The minimum Gasteiger partial charge on any atom is -0.369 e. The fourth-order valence-corrected chi connectivity index (χ4v) is 3.23. The first-order valence-corrected chi connectivity index (χ1v) is 8.50. The predicted octanol–water partition coefficient (Wildman–Crippen LogP) is 1.63. The van der Waals surface area contributed by atoms with Gasteiger partial charge in [-0.15, -0.1) is 0 Å². The van der Waals surface area contributed by atoms with Gasteiger partial charge in [0.1, 0.15) is 0 Å². The number of benzene rings is 1. The molecule has 1 aromatic rings. The van der Waals surface area contributed by atoms with Crippen molar-refractivity contribution in [3.63, 3.8) is 0 Å². The van der Waals surface area contributed by atoms with Crippen molar-refractivity contribution >= 4 is 21.6 Å². The number of rotatable bonds is 6. The molecule has 1 heterocycles. The summed E-state index contributed by atoms with van der Waals surface area (Å²) in [5.74, 6) is 0. The normalized spacial score (nSPS) is 16.7. The molecule has 0 aromatic heterocycles. The molecule has 1 fully saturated rings. The van der Waals surface area contributed by atoms with Crippen molar-refractivity contribution in [1.82, 2.24) is 9.80 Å². The first-order valence-electron chi connectivity index (χ1n) is 7.70. The van der Waals surface area contributed by atoms with Crippen LogP contribution >= 0.6 is 15.9 Å². The van der Waals surface area contributed by atoms with E-state index in [0.717, 1.165) is 39.1 Å². The van der Waals surface area contributed by atoms with E-state index in [0.29, 0.717) is 6.54 Å². The third-order valence-corrected chi connectivity index (χ3v) is 4.79. The van der Waals surface area contributed by atoms with Gasteiger partial charge in [-0.2, -0.15) is 0 Å². The average Bonchev–Trinajstić information content (AvgIpc) is 2.48. The van der Waals surface area contributed by atoms with E-state index in [1.165, 1.54) is 22.3 Å². The maximum Gasteiger partial charge on any atom is 0.0378 e. The quantitative estimate of drug-likeness (QED) is 0.842. The van der Waals surface area contributed by atoms with Crippen LogP contribution in [0.25, 0.3) is 0 Å². The van der Waals surface area contributed by atoms with Gasteiger partial charge >= 0.3 is 0 Å². The van der Waals surface area contributed by atoms with Crippen LogP contribution in [-0.4, -0.2) is 69.7 Å². The van der Waals surface area contributed by atoms with E-state index in [1.807, 2.05) is 0 Å². The highest BCUT2D eigenvalue weighted by Crippen LogP contribution is 2.25. The molecule has 0 aliphatic carbocycles. The molecular formula is C16H27BrN4. The Hall–Kier alpha value is -0.620. The van der Waals surface area contributed by atoms with Crippen LogP contribution in [0.3, 0.4) is 0 Å². The van der Waals surface area contributed by atoms with E-state index in [1.54, 1.807) is 0 Å². The van der Waals surface area contributed by atoms with Crippen molar-refractivity contribution in [3.05, 3.63) is 28.2 Å². The third kappa shape index (κ3) is 4.95. The fourth-order valence-electron chi connectivity index (χ4n) is 2.66. The van der Waals surface area contributed by atoms with Gasteiger partial charge in [0.15, 0.2) is 0 Å². The van der Waals surface area contributed by atoms with Crippen molar-refractivity contribution in [2.24, 2.45) is 5.73 Å². The Bertz CT molecular complexity index is 442. The molecule has 5 heteroatoms. The van der Waals surface area contributed by atoms with Gasteiger partial charge in [0.2, 0.25) is 0 Å². The third-order valence-electron chi connectivity index (χ3n) is 4.05. The van der Waals surface area contributed by atoms with Gasteiger partial charge in [0, 0.05) is 49.4 Å². The second-order valence-electron chi connectivity index (χ2n) is 5.95. The molecule has 0 radical (unpaired) electrons. The van der Waals surface area contributed by atoms with Crippen LogP contribution in [-0.2, 0) is 6.42 Å². The van der Waals surface area contributed by atoms with Gasteiger partial charge in [-0.05, 0) is 44.8 Å². The lowest BCUT2D eigenvalue weighted by molar-refractivity contribution is 0.229. The minimum atomic E-state index is 0.697. The topological polar surface area (TPSA) is 35.7 Å². The summed E-state index contributed by atoms with van der Waals surface area (Å²) < 4.78 is 1.18. The standard InChI is InChI=1S/C16H27BrN4/c1-19(2)7-8-20-9-11-21(12-10-20)15-4-3-14(5-6-18)16(17)13-15/h3-4,13H,5-12,18H2,1-2H3. The van der Waals surface area contributed by atoms with Crippen LogP contribution in [0.2, 0.25) is 0 Å². The molecule has 4 nitrogen and oxygen atoms in total. The van der Waals surface area contributed by atoms with E-state index in [9.17, 15) is 0 Å². The van der Waals surface area contributed by atoms with Crippen molar-refractivity contribution in [2.75, 3.05) is 64.8 Å². The Kier molecular flexibility index (Phi) is 6.48. The Balaban J connectivity index is 1.88. The second kappa shape index (κ2) is 8.13. The van der Waals surface area contributed by atoms with Gasteiger partial charge in [0.05, 0.1) is 0 Å². The molecule has 0 saturated carbocycles. The summed E-state index contributed by atoms with van der Waals surface area (Å²) in [5.41, 5.74) is 8.25. The zero-order chi connectivity index (χ0) is 15.2. The molecule has 118 valence electrons. The molecule has 2 N–H and O–H groups in total. The summed E-state index contributed by atoms with van der Waals surface area (Å²) in [6, 6.07) is 6.66. The van der Waals surface area contributed by atoms with Gasteiger partial charge in [-0.25, -0.2) is 0 Å². The number of piperazine rings is 1. The summed E-state index contributed by atoms with van der Waals surface area (Å²) in [7, 11) is 4.27. The lowest BCUT2D eigenvalue weighted by Gasteiger charge is -2.36. The van der Waals surface area contributed by atoms with E-state index in [2.05, 4.69) is 62.9 Å². The molecule has 0 spiro atoms. The number of nitrogens with two attached hydrogens (primary N) is 1. The number of hydrogen-bond acceptors (Lipinski definition) is 4. The molecule has 1 aliphatic heterocycles. The highest BCUT2D eigenvalue weighted by Gasteiger charge is 2.17. The minimum absolute atomic E-state index is 0.697. The van der Waals surface area contributed by atoms with Crippen molar-refractivity contribution < 1.29 is 0 Å². The molecule has 0 unspecified atom stereocenters. The predicted molar refractivity (Wildman–Crippen MR) is 94.1 cm³/mol. The summed E-state index contributed by atoms with van der Waals surface area (Å²) in [6.07, 6.45) is 0.930. The lowest BCUT2D eigenvalue weighted by atomic mass is 10.1. The largest absolute Gasteiger partial charge is 0.369 e. The smallest absolute Gasteiger partial charge is 0.0378 e. The molecule has 2 rings (SSSR count). The number of hydrogen-bond donors (Lipinski definition) is 1. The summed E-state index contributed by atoms with van der Waals surface area (Å²) in [4.78, 5) is 7.27. The first kappa shape index (κ1) is 16.7. The Morgan fingerprint density at radius 3 is 2.48 bits per heavy atom. The Morgan fingerprint density at radius 1 is 1.19 bits per heavy atom. The molecule has 1 aromatic carbocycles. The van der Waals surface area contributed by atoms with Gasteiger partial charge in [-0.3, -0.25) is 4.90 Å². The summed E-state index contributed by atoms with van der Waals surface area (Å²) in [6.45, 7) is 7.51. The fraction of sp³-hybridized carbons (Fsp3) is 0.625. The summed E-state index contributed by atoms with van der Waals surface area (Å²) >= 11 is 3.67. The van der Waals surface area contributed by atoms with Crippen LogP contribution in [0.1, 0.15) is 5.56 Å². The van der Waals surface area contributed by atoms with Gasteiger partial charge < -0.3 is 15.5 Å². The molecule has 0 bridgehead atoms. The zero-order valence-corrected chi connectivity index (χ0v) is 14.8. The van der Waals surface area contributed by atoms with E-state index >= 15 is 0 Å². The highest BCUT2D eigenvalue weighted by atomic mass is 79.9. The SMILES string of the molecule is CN(C)CCN1CCN(c2ccc(CCN)c(Br)c2)CC1. The molecule has 21 heavy (non-hydrogen) atoms. The number of halogens is 1. The van der Waals surface area contributed by atoms with Gasteiger partial charge in [0.25, 0.3) is 0 Å². The van der Waals surface area contributed by atoms with Crippen molar-refractivity contribution in [3.8, 4) is 0 Å². The van der Waals surface area contributed by atoms with Crippen molar-refractivity contribution in [1.29, 1.82) is 0 Å². The zero-order valence-electron chi connectivity index (χ0n) is 13.2. The van der Waals surface area contributed by atoms with Crippen LogP contribution in [0.4, 0.5) is 5.69 Å². The number of anilines is 1. The molecule has 1 saturated heterocycles. The maximum absolute atomic E-state index is 5.64. The molecular weight excluding hydrogens is 328 g/mol. The Labute approximate surface area is 137 Å². The molecule has 0 atom stereocenters. The van der Waals surface area contributed by atoms with Gasteiger partial charge in [-0.1, -0.05) is 22.0 Å². The lowest BCUT2D eigenvalue weighted by Crippen LogP contribution is -2.48. The van der Waals surface area contributed by atoms with Crippen LogP contribution < -0.4 is 10.6 Å². The summed E-state index contributed by atoms with van der Waals surface area (Å²) in [5, 5.41) is 0. The van der Waals surface area contributed by atoms with E-state index in [4.69, 9.17) is 5.73 Å². The average molecular weight is 355 g/mol. The maximum atomic E-state index is 5.64. The van der Waals surface area contributed by atoms with Crippen LogP contribution in [0, 0.1) is 0 Å².